The van der Waals surface area contributed by atoms with Gasteiger partial charge in [-0.1, -0.05) is 0 Å². The number of nitrogens with two attached hydrogens (primary N) is 1. The molecular weight excluding hydrogens is 126 g/mol. The highest BCUT2D eigenvalue weighted by Crippen LogP contribution is 2.05. The van der Waals surface area contributed by atoms with Crippen LogP contribution in [-0.2, 0) is 0 Å². The minimum atomic E-state index is 0.363. The molecule has 1 unspecified atom stereocenters. The van der Waals surface area contributed by atoms with E-state index in [1.807, 2.05) is 13.1 Å². The first kappa shape index (κ1) is 7.28. The predicted octanol–water partition coefficient (Wildman–Crippen LogP) is 0.711. The van der Waals surface area contributed by atoms with Crippen molar-refractivity contribution in [3.8, 4) is 0 Å². The molecule has 0 saturated carbocycles. The van der Waals surface area contributed by atoms with Crippen LogP contribution in [0.25, 0.3) is 0 Å². The van der Waals surface area contributed by atoms with Gasteiger partial charge < -0.3 is 10.3 Å². The predicted molar refractivity (Wildman–Crippen MR) is 40.7 cm³/mol. The Bertz CT molecular complexity index is 204. The largest absolute Gasteiger partial charge is 0.331 e. The van der Waals surface area contributed by atoms with Gasteiger partial charge in [0.1, 0.15) is 5.82 Å². The SMILES string of the molecule is Cc1nccn1C(C)CN. The van der Waals surface area contributed by atoms with E-state index < -0.39 is 0 Å². The van der Waals surface area contributed by atoms with E-state index in [9.17, 15) is 0 Å². The van der Waals surface area contributed by atoms with Gasteiger partial charge in [0.15, 0.2) is 0 Å². The molecule has 0 saturated heterocycles. The lowest BCUT2D eigenvalue weighted by molar-refractivity contribution is 0.544. The van der Waals surface area contributed by atoms with Crippen molar-refractivity contribution >= 4 is 0 Å². The fraction of sp³-hybridized carbons (Fsp3) is 0.571. The fourth-order valence-electron chi connectivity index (χ4n) is 0.967. The van der Waals surface area contributed by atoms with Crippen LogP contribution in [0.5, 0.6) is 0 Å². The molecule has 3 nitrogen and oxygen atoms in total. The number of nitrogens with zero attached hydrogens (tertiary/aromatic N) is 2. The summed E-state index contributed by atoms with van der Waals surface area (Å²) in [6, 6.07) is 0.363. The van der Waals surface area contributed by atoms with Gasteiger partial charge in [0.2, 0.25) is 0 Å². The van der Waals surface area contributed by atoms with Crippen LogP contribution in [0.4, 0.5) is 0 Å². The molecule has 0 aliphatic heterocycles. The van der Waals surface area contributed by atoms with Gasteiger partial charge in [-0.25, -0.2) is 4.98 Å². The van der Waals surface area contributed by atoms with E-state index in [0.29, 0.717) is 12.6 Å². The summed E-state index contributed by atoms with van der Waals surface area (Å²) in [7, 11) is 0. The Labute approximate surface area is 60.9 Å². The van der Waals surface area contributed by atoms with E-state index in [1.165, 1.54) is 0 Å². The molecule has 1 aromatic heterocycles. The highest BCUT2D eigenvalue weighted by molar-refractivity contribution is 4.91. The summed E-state index contributed by atoms with van der Waals surface area (Å²) in [4.78, 5) is 4.09. The van der Waals surface area contributed by atoms with Crippen molar-refractivity contribution in [2.45, 2.75) is 19.9 Å². The first-order valence-corrected chi connectivity index (χ1v) is 3.45. The standard InChI is InChI=1S/C7H13N3/c1-6(5-8)10-4-3-9-7(10)2/h3-4,6H,5,8H2,1-2H3. The Kier molecular flexibility index (Phi) is 2.06. The normalized spacial score (nSPS) is 13.5. The van der Waals surface area contributed by atoms with E-state index in [1.54, 1.807) is 6.20 Å². The summed E-state index contributed by atoms with van der Waals surface area (Å²) in [5, 5.41) is 0. The molecule has 0 radical (unpaired) electrons. The van der Waals surface area contributed by atoms with Crippen LogP contribution in [0.15, 0.2) is 12.4 Å². The van der Waals surface area contributed by atoms with Gasteiger partial charge in [0.25, 0.3) is 0 Å². The summed E-state index contributed by atoms with van der Waals surface area (Å²) < 4.78 is 2.07. The molecule has 56 valence electrons. The van der Waals surface area contributed by atoms with Gasteiger partial charge in [-0.3, -0.25) is 0 Å². The molecule has 0 aliphatic carbocycles. The Morgan fingerprint density at radius 3 is 2.90 bits per heavy atom. The second-order valence-electron chi connectivity index (χ2n) is 2.47. The van der Waals surface area contributed by atoms with Crippen molar-refractivity contribution in [1.29, 1.82) is 0 Å². The fourth-order valence-corrected chi connectivity index (χ4v) is 0.967. The average Bonchev–Trinajstić information content (AvgIpc) is 2.34. The van der Waals surface area contributed by atoms with Crippen molar-refractivity contribution in [3.05, 3.63) is 18.2 Å². The molecule has 0 bridgehead atoms. The van der Waals surface area contributed by atoms with E-state index in [0.717, 1.165) is 5.82 Å². The Morgan fingerprint density at radius 2 is 2.50 bits per heavy atom. The third-order valence-corrected chi connectivity index (χ3v) is 1.68. The molecule has 0 aromatic carbocycles. The number of aryl methyl sites for hydroxylation is 1. The summed E-state index contributed by atoms with van der Waals surface area (Å²) in [5.74, 6) is 1.03. The monoisotopic (exact) mass is 139 g/mol. The molecule has 0 fully saturated rings. The van der Waals surface area contributed by atoms with Crippen LogP contribution in [0.3, 0.4) is 0 Å². The number of imidazole rings is 1. The topological polar surface area (TPSA) is 43.8 Å². The van der Waals surface area contributed by atoms with E-state index in [-0.39, 0.29) is 0 Å². The van der Waals surface area contributed by atoms with Gasteiger partial charge in [-0.2, -0.15) is 0 Å². The zero-order valence-electron chi connectivity index (χ0n) is 6.41. The van der Waals surface area contributed by atoms with Gasteiger partial charge in [-0.05, 0) is 13.8 Å². The van der Waals surface area contributed by atoms with Crippen LogP contribution in [0.2, 0.25) is 0 Å². The van der Waals surface area contributed by atoms with Crippen molar-refractivity contribution in [2.75, 3.05) is 6.54 Å². The molecule has 0 amide bonds. The highest BCUT2D eigenvalue weighted by Gasteiger charge is 2.02. The van der Waals surface area contributed by atoms with Crippen molar-refractivity contribution in [1.82, 2.24) is 9.55 Å². The number of hydrogen-bond acceptors (Lipinski definition) is 2. The summed E-state index contributed by atoms with van der Waals surface area (Å²) in [6.45, 7) is 4.72. The van der Waals surface area contributed by atoms with E-state index >= 15 is 0 Å². The van der Waals surface area contributed by atoms with Gasteiger partial charge in [0, 0.05) is 25.0 Å². The lowest BCUT2D eigenvalue weighted by Gasteiger charge is -2.11. The highest BCUT2D eigenvalue weighted by atomic mass is 15.1. The summed E-state index contributed by atoms with van der Waals surface area (Å²) in [5.41, 5.74) is 5.48. The molecule has 1 rings (SSSR count). The van der Waals surface area contributed by atoms with Crippen LogP contribution in [0, 0.1) is 6.92 Å². The molecule has 2 N–H and O–H groups in total. The zero-order chi connectivity index (χ0) is 7.56. The average molecular weight is 139 g/mol. The first-order chi connectivity index (χ1) is 4.75. The van der Waals surface area contributed by atoms with Crippen LogP contribution < -0.4 is 5.73 Å². The summed E-state index contributed by atoms with van der Waals surface area (Å²) in [6.07, 6.45) is 3.74. The van der Waals surface area contributed by atoms with Crippen LogP contribution in [-0.4, -0.2) is 16.1 Å². The number of rotatable bonds is 2. The molecule has 1 heterocycles. The Morgan fingerprint density at radius 1 is 1.80 bits per heavy atom. The number of hydrogen-bond donors (Lipinski definition) is 1. The second kappa shape index (κ2) is 2.84. The van der Waals surface area contributed by atoms with Gasteiger partial charge >= 0.3 is 0 Å². The molecule has 0 spiro atoms. The minimum absolute atomic E-state index is 0.363. The Balaban J connectivity index is 2.82. The third-order valence-electron chi connectivity index (χ3n) is 1.68. The van der Waals surface area contributed by atoms with E-state index in [2.05, 4.69) is 16.5 Å². The number of aromatic nitrogens is 2. The lowest BCUT2D eigenvalue weighted by Crippen LogP contribution is -2.16. The lowest BCUT2D eigenvalue weighted by atomic mass is 10.3. The van der Waals surface area contributed by atoms with E-state index in [4.69, 9.17) is 5.73 Å². The van der Waals surface area contributed by atoms with Gasteiger partial charge in [-0.15, -0.1) is 0 Å². The maximum Gasteiger partial charge on any atom is 0.105 e. The Hall–Kier alpha value is -0.830. The molecule has 1 atom stereocenters. The second-order valence-corrected chi connectivity index (χ2v) is 2.47. The maximum atomic E-state index is 5.48. The maximum absolute atomic E-state index is 5.48. The smallest absolute Gasteiger partial charge is 0.105 e. The van der Waals surface area contributed by atoms with Crippen molar-refractivity contribution in [2.24, 2.45) is 5.73 Å². The van der Waals surface area contributed by atoms with Crippen LogP contribution >= 0.6 is 0 Å². The molecular formula is C7H13N3. The summed E-state index contributed by atoms with van der Waals surface area (Å²) >= 11 is 0. The van der Waals surface area contributed by atoms with Crippen molar-refractivity contribution < 1.29 is 0 Å². The van der Waals surface area contributed by atoms with Crippen molar-refractivity contribution in [3.63, 3.8) is 0 Å². The molecule has 10 heavy (non-hydrogen) atoms. The van der Waals surface area contributed by atoms with Gasteiger partial charge in [0.05, 0.1) is 0 Å². The molecule has 0 aliphatic rings. The quantitative estimate of drug-likeness (QED) is 0.655. The van der Waals surface area contributed by atoms with Crippen LogP contribution in [0.1, 0.15) is 18.8 Å². The molecule has 3 heteroatoms. The zero-order valence-corrected chi connectivity index (χ0v) is 6.41. The third kappa shape index (κ3) is 1.19. The first-order valence-electron chi connectivity index (χ1n) is 3.45. The minimum Gasteiger partial charge on any atom is -0.331 e. The molecule has 1 aromatic rings.